The molecule has 1 unspecified atom stereocenters. The molecule has 0 spiro atoms. The van der Waals surface area contributed by atoms with E-state index in [0.29, 0.717) is 0 Å². The summed E-state index contributed by atoms with van der Waals surface area (Å²) in [5.41, 5.74) is -4.97. The second-order valence-corrected chi connectivity index (χ2v) is 13.4. The standard InChI is InChI=1S/C34H46O14/c1-18(2)12-26(37)47-28(20(5)6)31(40)43-15-22-16-44-32(48-27(38)13-19(3)4)29-33(22,41)14-25(46-21(7)35)34(29,42)17-45-30(39)23-10-8-9-11-24(23)36/h8-11,16,18-20,25,28-29,32,36,41-42H,12-15,17H2,1-7H3/t25-,28?,29-,32-,33-,34+/m0/s1. The van der Waals surface area contributed by atoms with Gasteiger partial charge in [0.2, 0.25) is 6.10 Å². The molecule has 1 saturated carbocycles. The molecule has 1 aromatic carbocycles. The van der Waals surface area contributed by atoms with Crippen molar-refractivity contribution in [1.29, 1.82) is 0 Å². The van der Waals surface area contributed by atoms with Crippen molar-refractivity contribution in [2.24, 2.45) is 23.7 Å². The summed E-state index contributed by atoms with van der Waals surface area (Å²) in [5.74, 6) is -6.75. The average molecular weight is 679 g/mol. The van der Waals surface area contributed by atoms with Crippen molar-refractivity contribution in [3.05, 3.63) is 41.7 Å². The Kier molecular flexibility index (Phi) is 12.6. The fourth-order valence-electron chi connectivity index (χ4n) is 5.73. The average Bonchev–Trinajstić information content (AvgIpc) is 3.19. The van der Waals surface area contributed by atoms with Gasteiger partial charge in [-0.3, -0.25) is 14.4 Å². The number of fused-ring (bicyclic) bond motifs is 1. The number of esters is 5. The summed E-state index contributed by atoms with van der Waals surface area (Å²) in [6, 6.07) is 5.51. The lowest BCUT2D eigenvalue weighted by Gasteiger charge is -2.44. The lowest BCUT2D eigenvalue weighted by Crippen LogP contribution is -2.59. The molecule has 0 bridgehead atoms. The first-order valence-corrected chi connectivity index (χ1v) is 15.9. The summed E-state index contributed by atoms with van der Waals surface area (Å²) in [5, 5.41) is 34.5. The van der Waals surface area contributed by atoms with Crippen LogP contribution in [0.1, 0.15) is 78.1 Å². The molecule has 2 aliphatic rings. The first-order valence-electron chi connectivity index (χ1n) is 15.9. The zero-order chi connectivity index (χ0) is 36.0. The number of ether oxygens (including phenoxy) is 6. The predicted molar refractivity (Wildman–Crippen MR) is 166 cm³/mol. The van der Waals surface area contributed by atoms with Gasteiger partial charge in [-0.1, -0.05) is 53.7 Å². The van der Waals surface area contributed by atoms with Gasteiger partial charge in [-0.05, 0) is 24.0 Å². The Morgan fingerprint density at radius 3 is 2.12 bits per heavy atom. The number of hydrogen-bond donors (Lipinski definition) is 3. The molecule has 1 aliphatic heterocycles. The van der Waals surface area contributed by atoms with Gasteiger partial charge in [-0.25, -0.2) is 9.59 Å². The Morgan fingerprint density at radius 1 is 0.917 bits per heavy atom. The zero-order valence-corrected chi connectivity index (χ0v) is 28.3. The van der Waals surface area contributed by atoms with E-state index in [2.05, 4.69) is 0 Å². The fraction of sp³-hybridized carbons (Fsp3) is 0.618. The summed E-state index contributed by atoms with van der Waals surface area (Å²) in [6.07, 6.45) is -3.93. The van der Waals surface area contributed by atoms with Crippen molar-refractivity contribution in [3.8, 4) is 5.75 Å². The van der Waals surface area contributed by atoms with Crippen LogP contribution in [0.4, 0.5) is 0 Å². The third-order valence-electron chi connectivity index (χ3n) is 8.01. The van der Waals surface area contributed by atoms with Gasteiger partial charge in [-0.2, -0.15) is 0 Å². The summed E-state index contributed by atoms with van der Waals surface area (Å²) in [6.45, 7) is 10.1. The quantitative estimate of drug-likeness (QED) is 0.191. The highest BCUT2D eigenvalue weighted by atomic mass is 16.7. The summed E-state index contributed by atoms with van der Waals surface area (Å²) < 4.78 is 32.9. The highest BCUT2D eigenvalue weighted by Crippen LogP contribution is 2.53. The SMILES string of the molecule is CC(=O)O[C@H]1C[C@]2(O)C(COC(=O)C(OC(=O)CC(C)C)C(C)C)=CO[C@@H](OC(=O)CC(C)C)[C@@H]2[C@@]1(O)COC(=O)c1ccccc1O. The molecule has 48 heavy (non-hydrogen) atoms. The molecule has 1 fully saturated rings. The van der Waals surface area contributed by atoms with Crippen LogP contribution in [0.3, 0.4) is 0 Å². The van der Waals surface area contributed by atoms with Crippen molar-refractivity contribution in [2.75, 3.05) is 13.2 Å². The van der Waals surface area contributed by atoms with Crippen LogP contribution in [-0.4, -0.2) is 88.1 Å². The number of phenolic OH excluding ortho intramolecular Hbond substituents is 1. The van der Waals surface area contributed by atoms with Gasteiger partial charge in [0.1, 0.15) is 47.8 Å². The molecule has 0 aromatic heterocycles. The molecule has 0 amide bonds. The molecule has 0 saturated heterocycles. The topological polar surface area (TPSA) is 201 Å². The maximum absolute atomic E-state index is 13.1. The van der Waals surface area contributed by atoms with Gasteiger partial charge < -0.3 is 43.7 Å². The van der Waals surface area contributed by atoms with Crippen LogP contribution in [0.15, 0.2) is 36.1 Å². The van der Waals surface area contributed by atoms with E-state index in [1.807, 2.05) is 13.8 Å². The number of carbonyl (C=O) groups excluding carboxylic acids is 5. The number of hydrogen-bond acceptors (Lipinski definition) is 14. The maximum Gasteiger partial charge on any atom is 0.348 e. The van der Waals surface area contributed by atoms with E-state index in [1.165, 1.54) is 24.3 Å². The number of para-hydroxylation sites is 1. The van der Waals surface area contributed by atoms with E-state index < -0.39 is 96.8 Å². The molecular weight excluding hydrogens is 632 g/mol. The van der Waals surface area contributed by atoms with E-state index in [4.69, 9.17) is 28.4 Å². The number of aliphatic hydroxyl groups is 2. The fourth-order valence-corrected chi connectivity index (χ4v) is 5.73. The van der Waals surface area contributed by atoms with Crippen molar-refractivity contribution in [1.82, 2.24) is 0 Å². The molecule has 14 nitrogen and oxygen atoms in total. The van der Waals surface area contributed by atoms with Crippen LogP contribution >= 0.6 is 0 Å². The Hall–Kier alpha value is -4.17. The van der Waals surface area contributed by atoms with Gasteiger partial charge in [0.05, 0.1) is 6.26 Å². The molecule has 1 aliphatic carbocycles. The van der Waals surface area contributed by atoms with E-state index in [9.17, 15) is 39.3 Å². The van der Waals surface area contributed by atoms with Gasteiger partial charge in [0.25, 0.3) is 6.29 Å². The van der Waals surface area contributed by atoms with E-state index in [-0.39, 0.29) is 35.8 Å². The molecule has 266 valence electrons. The highest BCUT2D eigenvalue weighted by Gasteiger charge is 2.70. The first-order chi connectivity index (χ1) is 22.4. The second kappa shape index (κ2) is 15.8. The third kappa shape index (κ3) is 9.04. The molecule has 6 atom stereocenters. The molecule has 0 radical (unpaired) electrons. The van der Waals surface area contributed by atoms with Crippen LogP contribution in [0.5, 0.6) is 5.75 Å². The minimum Gasteiger partial charge on any atom is -0.507 e. The lowest BCUT2D eigenvalue weighted by molar-refractivity contribution is -0.239. The molecule has 1 heterocycles. The molecule has 14 heteroatoms. The Morgan fingerprint density at radius 2 is 1.54 bits per heavy atom. The van der Waals surface area contributed by atoms with Gasteiger partial charge in [0, 0.05) is 37.7 Å². The highest BCUT2D eigenvalue weighted by molar-refractivity contribution is 5.92. The van der Waals surface area contributed by atoms with Crippen LogP contribution in [0, 0.1) is 23.7 Å². The van der Waals surface area contributed by atoms with Crippen LogP contribution in [0.2, 0.25) is 0 Å². The molecular formula is C34H46O14. The second-order valence-electron chi connectivity index (χ2n) is 13.4. The van der Waals surface area contributed by atoms with Gasteiger partial charge in [-0.15, -0.1) is 0 Å². The van der Waals surface area contributed by atoms with Crippen molar-refractivity contribution >= 4 is 29.8 Å². The normalized spacial score (nSPS) is 25.4. The lowest BCUT2D eigenvalue weighted by atomic mass is 9.77. The summed E-state index contributed by atoms with van der Waals surface area (Å²) in [4.78, 5) is 63.3. The van der Waals surface area contributed by atoms with Crippen LogP contribution < -0.4 is 0 Å². The van der Waals surface area contributed by atoms with E-state index in [1.54, 1.807) is 27.7 Å². The number of carbonyl (C=O) groups is 5. The first kappa shape index (κ1) is 38.3. The van der Waals surface area contributed by atoms with Crippen molar-refractivity contribution in [2.45, 2.75) is 97.4 Å². The van der Waals surface area contributed by atoms with Crippen molar-refractivity contribution in [3.63, 3.8) is 0 Å². The Balaban J connectivity index is 1.97. The smallest absolute Gasteiger partial charge is 0.348 e. The van der Waals surface area contributed by atoms with Crippen molar-refractivity contribution < 1.29 is 67.7 Å². The monoisotopic (exact) mass is 678 g/mol. The van der Waals surface area contributed by atoms with E-state index >= 15 is 0 Å². The van der Waals surface area contributed by atoms with Crippen LogP contribution in [0.25, 0.3) is 0 Å². The number of aromatic hydroxyl groups is 1. The van der Waals surface area contributed by atoms with Gasteiger partial charge >= 0.3 is 29.8 Å². The molecule has 1 aromatic rings. The summed E-state index contributed by atoms with van der Waals surface area (Å²) >= 11 is 0. The summed E-state index contributed by atoms with van der Waals surface area (Å²) in [7, 11) is 0. The Labute approximate surface area is 279 Å². The van der Waals surface area contributed by atoms with Crippen LogP contribution in [-0.2, 0) is 47.6 Å². The third-order valence-corrected chi connectivity index (χ3v) is 8.01. The Bertz CT molecular complexity index is 1380. The number of benzene rings is 1. The van der Waals surface area contributed by atoms with Gasteiger partial charge in [0.15, 0.2) is 0 Å². The maximum atomic E-state index is 13.1. The number of rotatable bonds is 14. The zero-order valence-electron chi connectivity index (χ0n) is 28.3. The minimum absolute atomic E-state index is 0.0106. The number of phenols is 1. The molecule has 3 rings (SSSR count). The van der Waals surface area contributed by atoms with E-state index in [0.717, 1.165) is 13.2 Å². The minimum atomic E-state index is -2.43. The predicted octanol–water partition coefficient (Wildman–Crippen LogP) is 2.95. The molecule has 3 N–H and O–H groups in total. The largest absolute Gasteiger partial charge is 0.507 e.